The van der Waals surface area contributed by atoms with Gasteiger partial charge >= 0.3 is 0 Å². The quantitative estimate of drug-likeness (QED) is 0.106. The zero-order chi connectivity index (χ0) is 90.5. The number of benzene rings is 11. The zero-order valence-electron chi connectivity index (χ0n) is 81.0. The largest absolute Gasteiger partial charge is 0.333 e. The van der Waals surface area contributed by atoms with Crippen molar-refractivity contribution in [3.05, 3.63) is 359 Å². The summed E-state index contributed by atoms with van der Waals surface area (Å²) in [4.78, 5) is 22.7. The number of nitrogens with zero attached hydrogens (tertiary/aromatic N) is 8. The molecule has 0 bridgehead atoms. The van der Waals surface area contributed by atoms with Gasteiger partial charge in [-0.2, -0.15) is 0 Å². The van der Waals surface area contributed by atoms with Crippen LogP contribution in [0.5, 0.6) is 0 Å². The van der Waals surface area contributed by atoms with Crippen LogP contribution in [0.3, 0.4) is 0 Å². The number of para-hydroxylation sites is 1. The fourth-order valence-electron chi connectivity index (χ4n) is 15.4. The molecule has 19 aromatic rings. The zero-order valence-corrected chi connectivity index (χ0v) is 77.9. The Balaban J connectivity index is 0.000000174. The van der Waals surface area contributed by atoms with Crippen molar-refractivity contribution in [1.82, 2.24) is 38.1 Å². The predicted octanol–water partition coefficient (Wildman–Crippen LogP) is 27.1. The first kappa shape index (κ1) is 70.6. The molecule has 0 amide bonds. The molecule has 0 saturated heterocycles. The maximum atomic E-state index is 8.41. The molecule has 5 radical (unpaired) electrons. The average Bonchev–Trinajstić information content (AvgIpc) is 1.55. The Hall–Kier alpha value is -9.40. The van der Waals surface area contributed by atoms with Gasteiger partial charge in [-0.1, -0.05) is 204 Å². The second-order valence-corrected chi connectivity index (χ2v) is 29.3. The van der Waals surface area contributed by atoms with Gasteiger partial charge in [0.15, 0.2) is 0 Å². The van der Waals surface area contributed by atoms with E-state index >= 15 is 0 Å². The summed E-state index contributed by atoms with van der Waals surface area (Å²) in [6.07, 6.45) is 5.26. The summed E-state index contributed by atoms with van der Waals surface area (Å²) in [6.45, 7) is 10.8. The van der Waals surface area contributed by atoms with E-state index in [4.69, 9.17) is 35.5 Å². The minimum Gasteiger partial charge on any atom is -0.333 e. The molecule has 0 aliphatic rings. The molecule has 8 aromatic heterocycles. The Bertz CT molecular complexity index is 7240. The summed E-state index contributed by atoms with van der Waals surface area (Å²) in [5.41, 5.74) is 22.6. The van der Waals surface area contributed by atoms with E-state index in [1.165, 1.54) is 40.1 Å². The van der Waals surface area contributed by atoms with Gasteiger partial charge in [0.1, 0.15) is 0 Å². The summed E-state index contributed by atoms with van der Waals surface area (Å²) in [7, 11) is 0. The normalized spacial score (nSPS) is 13.4. The van der Waals surface area contributed by atoms with Crippen LogP contribution >= 0.6 is 0 Å². The first-order chi connectivity index (χ1) is 60.4. The summed E-state index contributed by atoms with van der Waals surface area (Å²) in [5.74, 6) is 1.16. The summed E-state index contributed by atoms with van der Waals surface area (Å²) in [5, 5.41) is 8.41. The summed E-state index contributed by atoms with van der Waals surface area (Å²) in [6, 6.07) is 94.8. The number of aryl methyl sites for hydroxylation is 7. The molecule has 19 rings (SSSR count). The Morgan fingerprint density at radius 2 is 0.752 bits per heavy atom. The van der Waals surface area contributed by atoms with Crippen LogP contribution in [-0.2, 0) is 101 Å². The molecule has 599 valence electrons. The predicted molar refractivity (Wildman–Crippen MR) is 470 cm³/mol. The van der Waals surface area contributed by atoms with E-state index in [1.54, 1.807) is 60.7 Å². The number of hydrogen-bond donors (Lipinski definition) is 0. The fraction of sp³-hybridized carbons (Fsp3) is 0.183. The Morgan fingerprint density at radius 3 is 1.23 bits per heavy atom. The molecule has 0 aliphatic heterocycles. The standard InChI is InChI=1S/2C28H27N2.C24H19N2.2C12H10N.5Ir/c1-17(2)20-14-10-15-21(18(3)4)26(20)27-19(5)29-28-24-13-7-6-11-22(24)23-12-8-9-16-25(23)30(27)28;1-17(2)20-11-8-12-21(18(3)4)27(20)26-16-29-28-23-10-7-6-9-22(23)24-15-19(5)13-14-25(24)30(26)28;1-15-11-12-21-20(13-15)18-9-4-5-10-19(18)24-25-14-22(26(21)24)23-16(2)7-6-8-17(23)3;1-10-6-5-9-12(13-10)11-7-3-2-4-8-11;1-10-7-8-12(13-9-10)11-5-3-2-4-6-11;;;;;/h6-12,14-18H,1-5H3;6-9,11-18H,1-5H3;4-9,11-14H,1-3H3;2-7,9H,1H3;2-5,7-9H,1H3;;;;;/q5*-1;;;;;/i2*5D3;3*1D3;;;;;. The van der Waals surface area contributed by atoms with E-state index in [9.17, 15) is 0 Å². The molecule has 0 spiro atoms. The van der Waals surface area contributed by atoms with Crippen LogP contribution in [0.25, 0.3) is 138 Å². The molecule has 8 heterocycles. The molecule has 0 fully saturated rings. The first-order valence-corrected chi connectivity index (χ1v) is 37.8. The van der Waals surface area contributed by atoms with E-state index < -0.39 is 34.3 Å². The third-order valence-corrected chi connectivity index (χ3v) is 20.6. The van der Waals surface area contributed by atoms with Gasteiger partial charge in [-0.3, -0.25) is 15.0 Å². The Kier molecular flexibility index (Phi) is 23.8. The van der Waals surface area contributed by atoms with Gasteiger partial charge in [-0.05, 0) is 163 Å². The van der Waals surface area contributed by atoms with E-state index in [1.807, 2.05) is 122 Å². The Labute approximate surface area is 777 Å². The number of imidazole rings is 3. The van der Waals surface area contributed by atoms with Gasteiger partial charge < -0.3 is 23.2 Å². The van der Waals surface area contributed by atoms with Crippen LogP contribution in [0.15, 0.2) is 267 Å². The summed E-state index contributed by atoms with van der Waals surface area (Å²) < 4.78 is 122. The third-order valence-electron chi connectivity index (χ3n) is 20.6. The number of aromatic nitrogens is 8. The van der Waals surface area contributed by atoms with Crippen LogP contribution in [0.2, 0.25) is 0 Å². The van der Waals surface area contributed by atoms with E-state index in [2.05, 4.69) is 196 Å². The van der Waals surface area contributed by atoms with Crippen molar-refractivity contribution in [3.8, 4) is 56.3 Å². The average molecular weight is 2430 g/mol. The van der Waals surface area contributed by atoms with Crippen LogP contribution < -0.4 is 0 Å². The van der Waals surface area contributed by atoms with Gasteiger partial charge in [0.05, 0.1) is 39.7 Å². The molecule has 0 atom stereocenters. The topological polar surface area (TPSA) is 77.7 Å². The minimum absolute atomic E-state index is 0. The molecule has 13 heteroatoms. The number of hydrogen-bond acceptors (Lipinski definition) is 5. The second kappa shape index (κ2) is 39.4. The van der Waals surface area contributed by atoms with Crippen LogP contribution in [-0.4, -0.2) is 38.1 Å². The number of pyridine rings is 5. The van der Waals surface area contributed by atoms with E-state index in [-0.39, 0.29) is 129 Å². The van der Waals surface area contributed by atoms with Crippen molar-refractivity contribution in [1.29, 1.82) is 0 Å². The van der Waals surface area contributed by atoms with Crippen molar-refractivity contribution in [2.75, 3.05) is 0 Å². The molecular formula is C104H93Ir5N8-5. The maximum absolute atomic E-state index is 8.41. The van der Waals surface area contributed by atoms with Crippen molar-refractivity contribution < 1.29 is 121 Å². The van der Waals surface area contributed by atoms with Crippen LogP contribution in [0.4, 0.5) is 0 Å². The number of rotatable bonds is 9. The van der Waals surface area contributed by atoms with Crippen LogP contribution in [0.1, 0.15) is 161 Å². The fourth-order valence-corrected chi connectivity index (χ4v) is 15.4. The molecule has 8 nitrogen and oxygen atoms in total. The van der Waals surface area contributed by atoms with Crippen molar-refractivity contribution in [2.45, 2.75) is 127 Å². The second-order valence-electron chi connectivity index (χ2n) is 29.3. The van der Waals surface area contributed by atoms with Gasteiger partial charge in [0.25, 0.3) is 0 Å². The smallest absolute Gasteiger partial charge is 0.0669 e. The van der Waals surface area contributed by atoms with Crippen molar-refractivity contribution >= 4 is 82.0 Å². The third kappa shape index (κ3) is 18.3. The van der Waals surface area contributed by atoms with E-state index in [0.29, 0.717) is 40.0 Å². The number of fused-ring (bicyclic) bond motifs is 18. The minimum atomic E-state index is -2.36. The Morgan fingerprint density at radius 1 is 0.316 bits per heavy atom. The molecule has 0 aliphatic carbocycles. The maximum Gasteiger partial charge on any atom is 0.0669 e. The molecule has 0 unspecified atom stereocenters. The molecular weight excluding hydrogens is 2320 g/mol. The summed E-state index contributed by atoms with van der Waals surface area (Å²) >= 11 is 0. The van der Waals surface area contributed by atoms with E-state index in [0.717, 1.165) is 127 Å². The molecule has 0 N–H and O–H groups in total. The van der Waals surface area contributed by atoms with Gasteiger partial charge in [-0.25, -0.2) is 0 Å². The monoisotopic (exact) mass is 2430 g/mol. The first-order valence-electron chi connectivity index (χ1n) is 45.3. The molecule has 11 aromatic carbocycles. The van der Waals surface area contributed by atoms with Crippen molar-refractivity contribution in [3.63, 3.8) is 0 Å². The van der Waals surface area contributed by atoms with Crippen molar-refractivity contribution in [2.24, 2.45) is 0 Å². The van der Waals surface area contributed by atoms with Gasteiger partial charge in [0.2, 0.25) is 0 Å². The molecule has 117 heavy (non-hydrogen) atoms. The van der Waals surface area contributed by atoms with Gasteiger partial charge in [0, 0.05) is 179 Å². The van der Waals surface area contributed by atoms with Gasteiger partial charge in [-0.15, -0.1) is 161 Å². The molecule has 0 saturated carbocycles. The SMILES string of the molecule is [2H]C([2H])([2H])c1ccc(-c2[c-]cccc2)nc1.[2H]C([2H])([2H])c1ccc2c(c1)c1ccc[c-]c1c1ncc(-c3c(C(C)C)cccc3C(C)C)n21.[2H]C([2H])([2H])c1ccc2c(c1)c1ccc[c-]c1c1ncc(-c3c(C)cccc3C)n21.[2H]C([2H])([2H])c1cccc(-c2[c-]cccc2)n1.[2H]C([2H])([2H])c1nc2c3[c-]cccc3c3ccccc3n2c1-c1c(C(C)C)cccc1C(C)C.[Ir].[Ir].[Ir].[Ir].[Ir]. The van der Waals surface area contributed by atoms with Crippen LogP contribution in [0, 0.1) is 78.4 Å².